The van der Waals surface area contributed by atoms with E-state index in [4.69, 9.17) is 4.98 Å². The maximum Gasteiger partial charge on any atom is 0.257 e. The Kier molecular flexibility index (Phi) is 6.96. The summed E-state index contributed by atoms with van der Waals surface area (Å²) in [5, 5.41) is 0. The molecule has 1 heterocycles. The Morgan fingerprint density at radius 1 is 1.03 bits per heavy atom. The number of hydrogen-bond donors (Lipinski definition) is 0. The van der Waals surface area contributed by atoms with Crippen molar-refractivity contribution in [3.63, 3.8) is 0 Å². The topological polar surface area (TPSA) is 38.1 Å². The summed E-state index contributed by atoms with van der Waals surface area (Å²) in [4.78, 5) is 19.4. The van der Waals surface area contributed by atoms with Crippen molar-refractivity contribution in [2.75, 3.05) is 6.54 Å². The van der Waals surface area contributed by atoms with Gasteiger partial charge < -0.3 is 9.47 Å². The first kappa shape index (κ1) is 21.0. The van der Waals surface area contributed by atoms with E-state index in [0.717, 1.165) is 55.2 Å². The lowest BCUT2D eigenvalue weighted by Crippen LogP contribution is -2.33. The van der Waals surface area contributed by atoms with Crippen LogP contribution in [0, 0.1) is 11.6 Å². The molecule has 0 aliphatic heterocycles. The van der Waals surface area contributed by atoms with Crippen molar-refractivity contribution in [1.82, 2.24) is 14.5 Å². The Hall–Kier alpha value is -2.76. The average molecular weight is 399 g/mol. The van der Waals surface area contributed by atoms with Gasteiger partial charge in [-0.25, -0.2) is 13.8 Å². The van der Waals surface area contributed by atoms with Gasteiger partial charge in [-0.1, -0.05) is 44.9 Å². The molecule has 3 rings (SSSR count). The Morgan fingerprint density at radius 2 is 1.83 bits per heavy atom. The van der Waals surface area contributed by atoms with Gasteiger partial charge in [0.2, 0.25) is 0 Å². The second-order valence-electron chi connectivity index (χ2n) is 7.20. The number of aromatic nitrogens is 2. The Balaban J connectivity index is 1.95. The van der Waals surface area contributed by atoms with Crippen molar-refractivity contribution in [3.05, 3.63) is 65.5 Å². The standard InChI is InChI=1S/C23H27F2N3O/c1-3-5-8-15-27(23(29)17-10-9-11-18(24)22(17)25)16-21-26-19-12-6-7-13-20(19)28(21)14-4-2/h6-7,9-13H,3-5,8,14-16H2,1-2H3. The second kappa shape index (κ2) is 9.63. The number of nitrogens with zero attached hydrogens (tertiary/aromatic N) is 3. The molecule has 0 N–H and O–H groups in total. The van der Waals surface area contributed by atoms with Gasteiger partial charge in [0, 0.05) is 13.1 Å². The fourth-order valence-corrected chi connectivity index (χ4v) is 3.53. The minimum Gasteiger partial charge on any atom is -0.331 e. The molecule has 0 fully saturated rings. The predicted octanol–water partition coefficient (Wildman–Crippen LogP) is 5.56. The molecule has 1 amide bonds. The first-order chi connectivity index (χ1) is 14.1. The quantitative estimate of drug-likeness (QED) is 0.442. The number of halogens is 2. The number of para-hydroxylation sites is 2. The summed E-state index contributed by atoms with van der Waals surface area (Å²) in [5.41, 5.74) is 1.65. The highest BCUT2D eigenvalue weighted by atomic mass is 19.2. The van der Waals surface area contributed by atoms with Crippen LogP contribution in [-0.2, 0) is 13.1 Å². The van der Waals surface area contributed by atoms with E-state index >= 15 is 0 Å². The van der Waals surface area contributed by atoms with Gasteiger partial charge in [0.1, 0.15) is 5.82 Å². The smallest absolute Gasteiger partial charge is 0.257 e. The van der Waals surface area contributed by atoms with Crippen LogP contribution in [0.3, 0.4) is 0 Å². The summed E-state index contributed by atoms with van der Waals surface area (Å²) >= 11 is 0. The van der Waals surface area contributed by atoms with E-state index in [1.807, 2.05) is 24.3 Å². The van der Waals surface area contributed by atoms with Crippen molar-refractivity contribution in [2.45, 2.75) is 52.6 Å². The monoisotopic (exact) mass is 399 g/mol. The molecule has 4 nitrogen and oxygen atoms in total. The second-order valence-corrected chi connectivity index (χ2v) is 7.20. The van der Waals surface area contributed by atoms with Gasteiger partial charge in [0.05, 0.1) is 23.1 Å². The summed E-state index contributed by atoms with van der Waals surface area (Å²) in [6.07, 6.45) is 3.69. The van der Waals surface area contributed by atoms with Gasteiger partial charge in [0.15, 0.2) is 11.6 Å². The lowest BCUT2D eigenvalue weighted by molar-refractivity contribution is 0.0728. The number of aryl methyl sites for hydroxylation is 1. The molecule has 0 atom stereocenters. The first-order valence-corrected chi connectivity index (χ1v) is 10.2. The van der Waals surface area contributed by atoms with Crippen LogP contribution in [0.5, 0.6) is 0 Å². The Morgan fingerprint density at radius 3 is 2.59 bits per heavy atom. The van der Waals surface area contributed by atoms with E-state index in [0.29, 0.717) is 6.54 Å². The molecule has 3 aromatic rings. The molecule has 0 radical (unpaired) electrons. The Bertz CT molecular complexity index is 983. The highest BCUT2D eigenvalue weighted by Crippen LogP contribution is 2.20. The maximum absolute atomic E-state index is 14.3. The first-order valence-electron chi connectivity index (χ1n) is 10.2. The molecule has 2 aromatic carbocycles. The number of imidazole rings is 1. The van der Waals surface area contributed by atoms with Gasteiger partial charge >= 0.3 is 0 Å². The van der Waals surface area contributed by atoms with Crippen LogP contribution in [0.25, 0.3) is 11.0 Å². The minimum absolute atomic E-state index is 0.236. The largest absolute Gasteiger partial charge is 0.331 e. The maximum atomic E-state index is 14.3. The van der Waals surface area contributed by atoms with Gasteiger partial charge in [0.25, 0.3) is 5.91 Å². The zero-order valence-electron chi connectivity index (χ0n) is 17.0. The summed E-state index contributed by atoms with van der Waals surface area (Å²) < 4.78 is 30.1. The fraction of sp³-hybridized carbons (Fsp3) is 0.391. The molecule has 0 spiro atoms. The molecule has 6 heteroatoms. The highest BCUT2D eigenvalue weighted by molar-refractivity contribution is 5.94. The molecule has 1 aromatic heterocycles. The molecule has 154 valence electrons. The van der Waals surface area contributed by atoms with E-state index in [1.165, 1.54) is 12.1 Å². The van der Waals surface area contributed by atoms with Gasteiger partial charge in [-0.15, -0.1) is 0 Å². The lowest BCUT2D eigenvalue weighted by Gasteiger charge is -2.23. The van der Waals surface area contributed by atoms with Gasteiger partial charge in [-0.2, -0.15) is 0 Å². The van der Waals surface area contributed by atoms with Crippen LogP contribution in [0.1, 0.15) is 55.7 Å². The molecule has 0 bridgehead atoms. The van der Waals surface area contributed by atoms with Crippen LogP contribution in [0.2, 0.25) is 0 Å². The van der Waals surface area contributed by atoms with E-state index in [-0.39, 0.29) is 12.1 Å². The van der Waals surface area contributed by atoms with Crippen LogP contribution in [0.15, 0.2) is 42.5 Å². The SMILES string of the molecule is CCCCCN(Cc1nc2ccccc2n1CCC)C(=O)c1cccc(F)c1F. The zero-order chi connectivity index (χ0) is 20.8. The van der Waals surface area contributed by atoms with Crippen molar-refractivity contribution in [1.29, 1.82) is 0 Å². The number of carbonyl (C=O) groups is 1. The van der Waals surface area contributed by atoms with Crippen LogP contribution in [-0.4, -0.2) is 26.9 Å². The van der Waals surface area contributed by atoms with Gasteiger partial charge in [-0.3, -0.25) is 4.79 Å². The van der Waals surface area contributed by atoms with Crippen LogP contribution >= 0.6 is 0 Å². The van der Waals surface area contributed by atoms with E-state index < -0.39 is 17.5 Å². The molecule has 0 aliphatic carbocycles. The zero-order valence-corrected chi connectivity index (χ0v) is 17.0. The number of hydrogen-bond acceptors (Lipinski definition) is 2. The highest BCUT2D eigenvalue weighted by Gasteiger charge is 2.23. The molecular weight excluding hydrogens is 372 g/mol. The molecule has 0 saturated heterocycles. The number of unbranched alkanes of at least 4 members (excludes halogenated alkanes) is 2. The summed E-state index contributed by atoms with van der Waals surface area (Å²) in [6, 6.07) is 11.6. The molecule has 29 heavy (non-hydrogen) atoms. The van der Waals surface area contributed by atoms with Crippen molar-refractivity contribution < 1.29 is 13.6 Å². The van der Waals surface area contributed by atoms with Crippen LogP contribution in [0.4, 0.5) is 8.78 Å². The fourth-order valence-electron chi connectivity index (χ4n) is 3.53. The Labute approximate surface area is 170 Å². The number of rotatable bonds is 9. The number of amides is 1. The minimum atomic E-state index is -1.10. The molecule has 0 saturated carbocycles. The molecule has 0 aliphatic rings. The van der Waals surface area contributed by atoms with Crippen LogP contribution < -0.4 is 0 Å². The van der Waals surface area contributed by atoms with E-state index in [2.05, 4.69) is 18.4 Å². The van der Waals surface area contributed by atoms with Crippen molar-refractivity contribution in [2.24, 2.45) is 0 Å². The van der Waals surface area contributed by atoms with E-state index in [9.17, 15) is 13.6 Å². The summed E-state index contributed by atoms with van der Waals surface area (Å²) in [5.74, 6) is -1.86. The summed E-state index contributed by atoms with van der Waals surface area (Å²) in [6.45, 7) is 5.68. The number of fused-ring (bicyclic) bond motifs is 1. The van der Waals surface area contributed by atoms with Crippen molar-refractivity contribution in [3.8, 4) is 0 Å². The molecular formula is C23H27F2N3O. The normalized spacial score (nSPS) is 11.2. The lowest BCUT2D eigenvalue weighted by atomic mass is 10.1. The van der Waals surface area contributed by atoms with Crippen molar-refractivity contribution >= 4 is 16.9 Å². The third-order valence-electron chi connectivity index (χ3n) is 5.01. The number of carbonyl (C=O) groups excluding carboxylic acids is 1. The summed E-state index contributed by atoms with van der Waals surface area (Å²) in [7, 11) is 0. The third kappa shape index (κ3) is 4.63. The average Bonchev–Trinajstić information content (AvgIpc) is 3.06. The van der Waals surface area contributed by atoms with E-state index in [1.54, 1.807) is 4.90 Å². The number of benzene rings is 2. The molecule has 0 unspecified atom stereocenters. The van der Waals surface area contributed by atoms with Gasteiger partial charge in [-0.05, 0) is 37.1 Å². The predicted molar refractivity (Wildman–Crippen MR) is 111 cm³/mol. The third-order valence-corrected chi connectivity index (χ3v) is 5.01.